The lowest BCUT2D eigenvalue weighted by Gasteiger charge is -2.39. The molecule has 1 unspecified atom stereocenters. The van der Waals surface area contributed by atoms with Crippen LogP contribution in [0.2, 0.25) is 0 Å². The Labute approximate surface area is 188 Å². The maximum absolute atomic E-state index is 11.9. The summed E-state index contributed by atoms with van der Waals surface area (Å²) in [6, 6.07) is 9.20. The summed E-state index contributed by atoms with van der Waals surface area (Å²) in [4.78, 5) is 19.0. The second kappa shape index (κ2) is 9.71. The number of hydrogen-bond acceptors (Lipinski definition) is 6. The van der Waals surface area contributed by atoms with Crippen LogP contribution >= 0.6 is 0 Å². The van der Waals surface area contributed by atoms with E-state index in [9.17, 15) is 4.79 Å². The smallest absolute Gasteiger partial charge is 0.245 e. The quantitative estimate of drug-likeness (QED) is 0.495. The van der Waals surface area contributed by atoms with Gasteiger partial charge in [0.05, 0.1) is 26.6 Å². The molecule has 4 rings (SSSR count). The van der Waals surface area contributed by atoms with Crippen molar-refractivity contribution in [3.63, 3.8) is 0 Å². The highest BCUT2D eigenvalue weighted by Gasteiger charge is 2.30. The number of benzene rings is 1. The fourth-order valence-corrected chi connectivity index (χ4v) is 4.10. The molecule has 0 aliphatic carbocycles. The molecule has 1 saturated heterocycles. The second-order valence-electron chi connectivity index (χ2n) is 7.84. The largest absolute Gasteiger partial charge is 0.497 e. The van der Waals surface area contributed by atoms with Gasteiger partial charge >= 0.3 is 0 Å². The molecule has 1 amide bonds. The van der Waals surface area contributed by atoms with Crippen LogP contribution < -0.4 is 20.1 Å². The Hall–Kier alpha value is -3.57. The zero-order valence-electron chi connectivity index (χ0n) is 18.5. The molecule has 1 fully saturated rings. The minimum atomic E-state index is -0.0656. The van der Waals surface area contributed by atoms with Crippen LogP contribution in [0.1, 0.15) is 30.1 Å². The van der Waals surface area contributed by atoms with Gasteiger partial charge in [-0.15, -0.1) is 0 Å². The average molecular weight is 436 g/mol. The molecule has 0 spiro atoms. The number of likely N-dealkylation sites (tertiary alicyclic amines) is 1. The van der Waals surface area contributed by atoms with Crippen molar-refractivity contribution in [1.29, 1.82) is 0 Å². The molecule has 8 nitrogen and oxygen atoms in total. The van der Waals surface area contributed by atoms with E-state index >= 15 is 0 Å². The Kier molecular flexibility index (Phi) is 6.57. The van der Waals surface area contributed by atoms with Crippen molar-refractivity contribution in [2.24, 2.45) is 0 Å². The molecule has 1 aromatic heterocycles. The highest BCUT2D eigenvalue weighted by Crippen LogP contribution is 2.31. The van der Waals surface area contributed by atoms with Crippen molar-refractivity contribution < 1.29 is 14.3 Å². The minimum absolute atomic E-state index is 0.000511. The van der Waals surface area contributed by atoms with Crippen molar-refractivity contribution in [3.05, 3.63) is 54.4 Å². The third kappa shape index (κ3) is 4.68. The molecule has 32 heavy (non-hydrogen) atoms. The SMILES string of the molecule is C=CC(=O)N1CCC(NC2c3c[nH]cc3NCN2C#Cc2cc(OC)cc(OC)c2)CC1. The number of carbonyl (C=O) groups is 1. The van der Waals surface area contributed by atoms with Gasteiger partial charge in [-0.1, -0.05) is 6.58 Å². The summed E-state index contributed by atoms with van der Waals surface area (Å²) < 4.78 is 10.7. The van der Waals surface area contributed by atoms with E-state index in [0.29, 0.717) is 18.2 Å². The monoisotopic (exact) mass is 435 g/mol. The van der Waals surface area contributed by atoms with Crippen molar-refractivity contribution in [1.82, 2.24) is 20.1 Å². The summed E-state index contributed by atoms with van der Waals surface area (Å²) in [7, 11) is 3.25. The van der Waals surface area contributed by atoms with Gasteiger partial charge in [-0.25, -0.2) is 0 Å². The van der Waals surface area contributed by atoms with Crippen molar-refractivity contribution in [2.45, 2.75) is 25.0 Å². The van der Waals surface area contributed by atoms with Crippen LogP contribution in [-0.2, 0) is 4.79 Å². The Balaban J connectivity index is 1.52. The van der Waals surface area contributed by atoms with Crippen molar-refractivity contribution in [2.75, 3.05) is 39.3 Å². The predicted octanol–water partition coefficient (Wildman–Crippen LogP) is 2.49. The lowest BCUT2D eigenvalue weighted by atomic mass is 10.0. The molecule has 3 heterocycles. The number of H-pyrrole nitrogens is 1. The molecule has 3 N–H and O–H groups in total. The van der Waals surface area contributed by atoms with Gasteiger partial charge < -0.3 is 24.7 Å². The third-order valence-corrected chi connectivity index (χ3v) is 5.89. The first-order valence-corrected chi connectivity index (χ1v) is 10.7. The first kappa shape index (κ1) is 21.7. The van der Waals surface area contributed by atoms with Gasteiger partial charge in [-0.3, -0.25) is 15.0 Å². The van der Waals surface area contributed by atoms with E-state index in [-0.39, 0.29) is 18.1 Å². The second-order valence-corrected chi connectivity index (χ2v) is 7.84. The van der Waals surface area contributed by atoms with Gasteiger partial charge in [-0.2, -0.15) is 0 Å². The molecular formula is C24H29N5O3. The summed E-state index contributed by atoms with van der Waals surface area (Å²) in [5.41, 5.74) is 3.01. The van der Waals surface area contributed by atoms with Gasteiger partial charge in [0.1, 0.15) is 17.7 Å². The van der Waals surface area contributed by atoms with Crippen LogP contribution in [0.3, 0.4) is 0 Å². The minimum Gasteiger partial charge on any atom is -0.497 e. The Morgan fingerprint density at radius 1 is 1.19 bits per heavy atom. The Morgan fingerprint density at radius 3 is 2.56 bits per heavy atom. The maximum Gasteiger partial charge on any atom is 0.245 e. The molecule has 0 bridgehead atoms. The normalized spacial score (nSPS) is 18.1. The first-order chi connectivity index (χ1) is 15.6. The molecule has 0 radical (unpaired) electrons. The van der Waals surface area contributed by atoms with E-state index in [0.717, 1.165) is 42.7 Å². The molecule has 1 aromatic carbocycles. The van der Waals surface area contributed by atoms with Crippen LogP contribution in [0.4, 0.5) is 5.69 Å². The fraction of sp³-hybridized carbons (Fsp3) is 0.375. The van der Waals surface area contributed by atoms with Gasteiger partial charge in [0, 0.05) is 54.8 Å². The number of anilines is 1. The predicted molar refractivity (Wildman–Crippen MR) is 123 cm³/mol. The van der Waals surface area contributed by atoms with Gasteiger partial charge in [-0.05, 0) is 37.0 Å². The molecule has 8 heteroatoms. The van der Waals surface area contributed by atoms with Crippen LogP contribution in [0, 0.1) is 12.0 Å². The van der Waals surface area contributed by atoms with Gasteiger partial charge in [0.2, 0.25) is 5.91 Å². The maximum atomic E-state index is 11.9. The third-order valence-electron chi connectivity index (χ3n) is 5.89. The van der Waals surface area contributed by atoms with E-state index in [1.165, 1.54) is 6.08 Å². The number of aromatic nitrogens is 1. The summed E-state index contributed by atoms with van der Waals surface area (Å²) in [6.07, 6.45) is 7.06. The number of amides is 1. The standard InChI is InChI=1S/C24H29N5O3/c1-4-23(30)28-9-6-18(7-10-28)27-24-21-14-25-15-22(21)26-16-29(24)8-5-17-11-19(31-2)13-20(12-17)32-3/h4,11-15,18,24-27H,1,6-7,9-10,16H2,2-3H3. The van der Waals surface area contributed by atoms with Crippen molar-refractivity contribution in [3.8, 4) is 23.5 Å². The Bertz CT molecular complexity index is 1010. The number of piperidine rings is 1. The molecule has 0 saturated carbocycles. The van der Waals surface area contributed by atoms with E-state index in [1.807, 2.05) is 35.5 Å². The molecule has 1 atom stereocenters. The zero-order valence-corrected chi connectivity index (χ0v) is 18.5. The number of aromatic amines is 1. The number of fused-ring (bicyclic) bond motifs is 1. The molecule has 2 aliphatic heterocycles. The van der Waals surface area contributed by atoms with Gasteiger partial charge in [0.15, 0.2) is 0 Å². The number of nitrogens with one attached hydrogen (secondary N) is 3. The number of carbonyl (C=O) groups excluding carboxylic acids is 1. The lowest BCUT2D eigenvalue weighted by Crippen LogP contribution is -2.50. The lowest BCUT2D eigenvalue weighted by molar-refractivity contribution is -0.127. The topological polar surface area (TPSA) is 81.9 Å². The number of methoxy groups -OCH3 is 2. The number of ether oxygens (including phenoxy) is 2. The van der Waals surface area contributed by atoms with Crippen LogP contribution in [-0.4, -0.2) is 60.7 Å². The summed E-state index contributed by atoms with van der Waals surface area (Å²) in [5, 5.41) is 7.17. The average Bonchev–Trinajstić information content (AvgIpc) is 3.32. The van der Waals surface area contributed by atoms with E-state index in [2.05, 4.69) is 39.1 Å². The van der Waals surface area contributed by atoms with Gasteiger partial charge in [0.25, 0.3) is 0 Å². The van der Waals surface area contributed by atoms with E-state index < -0.39 is 0 Å². The molecule has 2 aliphatic rings. The fourth-order valence-electron chi connectivity index (χ4n) is 4.10. The van der Waals surface area contributed by atoms with E-state index in [1.54, 1.807) is 14.2 Å². The number of nitrogens with zero attached hydrogens (tertiary/aromatic N) is 2. The highest BCUT2D eigenvalue weighted by atomic mass is 16.5. The molecule has 168 valence electrons. The molecular weight excluding hydrogens is 406 g/mol. The summed E-state index contributed by atoms with van der Waals surface area (Å²) in [5.74, 6) is 4.65. The van der Waals surface area contributed by atoms with Crippen LogP contribution in [0.25, 0.3) is 0 Å². The Morgan fingerprint density at radius 2 is 1.91 bits per heavy atom. The van der Waals surface area contributed by atoms with E-state index in [4.69, 9.17) is 9.47 Å². The first-order valence-electron chi connectivity index (χ1n) is 10.7. The highest BCUT2D eigenvalue weighted by molar-refractivity contribution is 5.87. The number of hydrogen-bond donors (Lipinski definition) is 3. The molecule has 2 aromatic rings. The van der Waals surface area contributed by atoms with Crippen LogP contribution in [0.5, 0.6) is 11.5 Å². The van der Waals surface area contributed by atoms with Crippen molar-refractivity contribution >= 4 is 11.6 Å². The zero-order chi connectivity index (χ0) is 22.5. The summed E-state index contributed by atoms with van der Waals surface area (Å²) in [6.45, 7) is 5.63. The number of rotatable bonds is 5. The summed E-state index contributed by atoms with van der Waals surface area (Å²) >= 11 is 0. The van der Waals surface area contributed by atoms with Crippen LogP contribution in [0.15, 0.2) is 43.2 Å².